The van der Waals surface area contributed by atoms with Crippen molar-refractivity contribution in [3.05, 3.63) is 35.9 Å². The standard InChI is InChI=1S/C14H17Br/c15-14(6-10-4-2-1-3-5-10)13-8-11-7-12(11)9-13/h1-5,11-14H,6-9H2. The van der Waals surface area contributed by atoms with E-state index in [1.807, 2.05) is 0 Å². The summed E-state index contributed by atoms with van der Waals surface area (Å²) in [6.07, 6.45) is 5.69. The molecule has 0 bridgehead atoms. The Morgan fingerprint density at radius 1 is 1.07 bits per heavy atom. The van der Waals surface area contributed by atoms with Crippen LogP contribution in [0.25, 0.3) is 0 Å². The summed E-state index contributed by atoms with van der Waals surface area (Å²) < 4.78 is 0. The van der Waals surface area contributed by atoms with Crippen LogP contribution < -0.4 is 0 Å². The van der Waals surface area contributed by atoms with Crippen molar-refractivity contribution in [2.24, 2.45) is 17.8 Å². The van der Waals surface area contributed by atoms with Gasteiger partial charge in [-0.2, -0.15) is 0 Å². The summed E-state index contributed by atoms with van der Waals surface area (Å²) in [5.74, 6) is 3.14. The van der Waals surface area contributed by atoms with Crippen LogP contribution in [-0.2, 0) is 6.42 Å². The second-order valence-corrected chi connectivity index (χ2v) is 6.37. The zero-order chi connectivity index (χ0) is 10.3. The lowest BCUT2D eigenvalue weighted by Gasteiger charge is -2.18. The minimum Gasteiger partial charge on any atom is -0.0884 e. The number of alkyl halides is 1. The minimum atomic E-state index is 0.702. The average molecular weight is 265 g/mol. The first-order chi connectivity index (χ1) is 7.33. The molecule has 0 radical (unpaired) electrons. The Bertz CT molecular complexity index is 322. The first kappa shape index (κ1) is 9.89. The molecule has 80 valence electrons. The van der Waals surface area contributed by atoms with Gasteiger partial charge in [-0.15, -0.1) is 0 Å². The SMILES string of the molecule is BrC(Cc1ccccc1)C1CC2CC2C1. The summed E-state index contributed by atoms with van der Waals surface area (Å²) in [5.41, 5.74) is 1.47. The highest BCUT2D eigenvalue weighted by Gasteiger charge is 2.47. The first-order valence-electron chi connectivity index (χ1n) is 6.01. The fourth-order valence-electron chi connectivity index (χ4n) is 3.06. The van der Waals surface area contributed by atoms with Crippen molar-refractivity contribution in [2.45, 2.75) is 30.5 Å². The van der Waals surface area contributed by atoms with Crippen molar-refractivity contribution in [2.75, 3.05) is 0 Å². The Hall–Kier alpha value is -0.300. The van der Waals surface area contributed by atoms with Gasteiger partial charge in [0.05, 0.1) is 0 Å². The molecule has 0 spiro atoms. The van der Waals surface area contributed by atoms with Gasteiger partial charge in [-0.3, -0.25) is 0 Å². The van der Waals surface area contributed by atoms with E-state index in [-0.39, 0.29) is 0 Å². The minimum absolute atomic E-state index is 0.702. The molecule has 0 heterocycles. The zero-order valence-electron chi connectivity index (χ0n) is 8.90. The molecule has 2 fully saturated rings. The zero-order valence-corrected chi connectivity index (χ0v) is 10.5. The second kappa shape index (κ2) is 3.93. The molecule has 1 aromatic rings. The summed E-state index contributed by atoms with van der Waals surface area (Å²) in [6.45, 7) is 0. The number of fused-ring (bicyclic) bond motifs is 1. The molecule has 0 saturated heterocycles. The van der Waals surface area contributed by atoms with Crippen molar-refractivity contribution in [1.82, 2.24) is 0 Å². The van der Waals surface area contributed by atoms with Crippen LogP contribution in [0, 0.1) is 17.8 Å². The highest BCUT2D eigenvalue weighted by Crippen LogP contribution is 2.56. The average Bonchev–Trinajstić information content (AvgIpc) is 2.87. The number of halogens is 1. The molecule has 0 nitrogen and oxygen atoms in total. The fraction of sp³-hybridized carbons (Fsp3) is 0.571. The van der Waals surface area contributed by atoms with E-state index < -0.39 is 0 Å². The van der Waals surface area contributed by atoms with E-state index in [1.165, 1.54) is 31.2 Å². The molecule has 0 N–H and O–H groups in total. The van der Waals surface area contributed by atoms with Crippen LogP contribution in [-0.4, -0.2) is 4.83 Å². The molecule has 2 saturated carbocycles. The molecule has 2 aliphatic rings. The van der Waals surface area contributed by atoms with E-state index in [0.717, 1.165) is 17.8 Å². The third-order valence-corrected chi connectivity index (χ3v) is 5.14. The molecule has 3 rings (SSSR count). The summed E-state index contributed by atoms with van der Waals surface area (Å²) in [5, 5.41) is 0. The molecule has 0 amide bonds. The van der Waals surface area contributed by atoms with E-state index in [0.29, 0.717) is 4.83 Å². The van der Waals surface area contributed by atoms with E-state index >= 15 is 0 Å². The predicted octanol–water partition coefficient (Wildman–Crippen LogP) is 4.04. The van der Waals surface area contributed by atoms with Crippen molar-refractivity contribution in [3.63, 3.8) is 0 Å². The highest BCUT2D eigenvalue weighted by atomic mass is 79.9. The van der Waals surface area contributed by atoms with Crippen LogP contribution in [0.15, 0.2) is 30.3 Å². The van der Waals surface area contributed by atoms with Gasteiger partial charge in [0.15, 0.2) is 0 Å². The predicted molar refractivity (Wildman–Crippen MR) is 67.2 cm³/mol. The van der Waals surface area contributed by atoms with E-state index in [4.69, 9.17) is 0 Å². The van der Waals surface area contributed by atoms with Crippen LogP contribution in [0.2, 0.25) is 0 Å². The Kier molecular flexibility index (Phi) is 2.59. The van der Waals surface area contributed by atoms with E-state index in [1.54, 1.807) is 0 Å². The van der Waals surface area contributed by atoms with Crippen molar-refractivity contribution >= 4 is 15.9 Å². The summed E-state index contributed by atoms with van der Waals surface area (Å²) in [6, 6.07) is 10.9. The maximum atomic E-state index is 3.89. The highest BCUT2D eigenvalue weighted by molar-refractivity contribution is 9.09. The summed E-state index contributed by atoms with van der Waals surface area (Å²) in [4.78, 5) is 0.702. The molecule has 0 aliphatic heterocycles. The molecule has 2 aliphatic carbocycles. The Balaban J connectivity index is 1.59. The number of rotatable bonds is 3. The molecule has 1 heteroatoms. The quantitative estimate of drug-likeness (QED) is 0.723. The van der Waals surface area contributed by atoms with Gasteiger partial charge in [-0.05, 0) is 49.0 Å². The maximum absolute atomic E-state index is 3.89. The van der Waals surface area contributed by atoms with Gasteiger partial charge < -0.3 is 0 Å². The normalized spacial score (nSPS) is 34.9. The number of hydrogen-bond acceptors (Lipinski definition) is 0. The second-order valence-electron chi connectivity index (χ2n) is 5.19. The van der Waals surface area contributed by atoms with Crippen LogP contribution in [0.4, 0.5) is 0 Å². The molecule has 1 aromatic carbocycles. The van der Waals surface area contributed by atoms with Gasteiger partial charge >= 0.3 is 0 Å². The van der Waals surface area contributed by atoms with Gasteiger partial charge in [0.25, 0.3) is 0 Å². The maximum Gasteiger partial charge on any atom is 0.0214 e. The Labute approximate surface area is 100 Å². The third kappa shape index (κ3) is 2.13. The van der Waals surface area contributed by atoms with Crippen LogP contribution in [0.1, 0.15) is 24.8 Å². The molecule has 3 unspecified atom stereocenters. The van der Waals surface area contributed by atoms with E-state index in [9.17, 15) is 0 Å². The molecule has 0 aromatic heterocycles. The van der Waals surface area contributed by atoms with Crippen molar-refractivity contribution in [3.8, 4) is 0 Å². The summed E-state index contributed by atoms with van der Waals surface area (Å²) >= 11 is 3.89. The topological polar surface area (TPSA) is 0 Å². The third-order valence-electron chi connectivity index (χ3n) is 4.07. The molecular formula is C14H17Br. The number of hydrogen-bond donors (Lipinski definition) is 0. The molecular weight excluding hydrogens is 248 g/mol. The van der Waals surface area contributed by atoms with Crippen molar-refractivity contribution < 1.29 is 0 Å². The van der Waals surface area contributed by atoms with Gasteiger partial charge in [-0.1, -0.05) is 46.3 Å². The lowest BCUT2D eigenvalue weighted by Crippen LogP contribution is -2.15. The summed E-state index contributed by atoms with van der Waals surface area (Å²) in [7, 11) is 0. The van der Waals surface area contributed by atoms with Gasteiger partial charge in [0, 0.05) is 4.83 Å². The smallest absolute Gasteiger partial charge is 0.0214 e. The van der Waals surface area contributed by atoms with Crippen LogP contribution in [0.5, 0.6) is 0 Å². The lowest BCUT2D eigenvalue weighted by atomic mass is 9.95. The van der Waals surface area contributed by atoms with Gasteiger partial charge in [0.2, 0.25) is 0 Å². The monoisotopic (exact) mass is 264 g/mol. The lowest BCUT2D eigenvalue weighted by molar-refractivity contribution is 0.471. The van der Waals surface area contributed by atoms with E-state index in [2.05, 4.69) is 46.3 Å². The Morgan fingerprint density at radius 3 is 2.40 bits per heavy atom. The molecule has 3 atom stereocenters. The van der Waals surface area contributed by atoms with Crippen LogP contribution >= 0.6 is 15.9 Å². The molecule has 15 heavy (non-hydrogen) atoms. The van der Waals surface area contributed by atoms with Gasteiger partial charge in [-0.25, -0.2) is 0 Å². The first-order valence-corrected chi connectivity index (χ1v) is 6.92. The number of benzene rings is 1. The van der Waals surface area contributed by atoms with Gasteiger partial charge in [0.1, 0.15) is 0 Å². The fourth-order valence-corrected chi connectivity index (χ4v) is 3.87. The largest absolute Gasteiger partial charge is 0.0884 e. The van der Waals surface area contributed by atoms with Crippen LogP contribution in [0.3, 0.4) is 0 Å². The van der Waals surface area contributed by atoms with Crippen molar-refractivity contribution in [1.29, 1.82) is 0 Å². The Morgan fingerprint density at radius 2 is 1.73 bits per heavy atom.